The minimum absolute atomic E-state index is 0.172. The standard InChI is InChI=1S/C38H60O4/c39-38(40)36-32-31-35-29-25-21-17-13-10-12-16-20-24-28-34-41-33-27-23-19-15-11-8-6-4-2-1-3-5-7-9-14-18-22-26-30-37(36)42-35/h1,3,5-9,11,14-15,18,22,35-37H,2,4,10,12-13,16-17,19-21,23-34H2,(H,39,40). The summed E-state index contributed by atoms with van der Waals surface area (Å²) in [5.74, 6) is -1.08. The van der Waals surface area contributed by atoms with E-state index in [1.807, 2.05) is 24.3 Å². The molecule has 42 heavy (non-hydrogen) atoms. The Bertz CT molecular complexity index is 834. The largest absolute Gasteiger partial charge is 0.481 e. The van der Waals surface area contributed by atoms with Crippen LogP contribution in [0.3, 0.4) is 0 Å². The molecule has 1 saturated heterocycles. The van der Waals surface area contributed by atoms with Gasteiger partial charge in [0.2, 0.25) is 0 Å². The third kappa shape index (κ3) is 19.9. The Morgan fingerprint density at radius 1 is 0.500 bits per heavy atom. The fraction of sp³-hybridized carbons (Fsp3) is 0.658. The maximum Gasteiger partial charge on any atom is 0.309 e. The second-order valence-electron chi connectivity index (χ2n) is 11.9. The molecule has 4 heteroatoms. The fourth-order valence-corrected chi connectivity index (χ4v) is 5.69. The smallest absolute Gasteiger partial charge is 0.309 e. The van der Waals surface area contributed by atoms with E-state index in [2.05, 4.69) is 48.6 Å². The molecule has 0 amide bonds. The maximum atomic E-state index is 11.8. The third-order valence-corrected chi connectivity index (χ3v) is 8.24. The van der Waals surface area contributed by atoms with Gasteiger partial charge in [-0.15, -0.1) is 0 Å². The summed E-state index contributed by atoms with van der Waals surface area (Å²) in [5, 5.41) is 9.70. The van der Waals surface area contributed by atoms with Crippen molar-refractivity contribution in [2.24, 2.45) is 5.92 Å². The van der Waals surface area contributed by atoms with E-state index in [4.69, 9.17) is 9.47 Å². The van der Waals surface area contributed by atoms with Crippen molar-refractivity contribution in [1.29, 1.82) is 0 Å². The number of rotatable bonds is 1. The molecule has 0 aromatic carbocycles. The van der Waals surface area contributed by atoms with E-state index in [-0.39, 0.29) is 18.1 Å². The number of aliphatic carboxylic acids is 1. The van der Waals surface area contributed by atoms with E-state index in [1.165, 1.54) is 70.6 Å². The summed E-state index contributed by atoms with van der Waals surface area (Å²) in [6, 6.07) is 0. The van der Waals surface area contributed by atoms with Gasteiger partial charge in [-0.3, -0.25) is 4.79 Å². The molecule has 0 radical (unpaired) electrons. The maximum absolute atomic E-state index is 11.8. The Labute approximate surface area is 257 Å². The van der Waals surface area contributed by atoms with Crippen LogP contribution in [0.1, 0.15) is 128 Å². The molecule has 0 aromatic rings. The Kier molecular flexibility index (Phi) is 22.7. The molecule has 2 heterocycles. The Morgan fingerprint density at radius 3 is 1.64 bits per heavy atom. The van der Waals surface area contributed by atoms with Gasteiger partial charge in [-0.2, -0.15) is 0 Å². The predicted octanol–water partition coefficient (Wildman–Crippen LogP) is 10.6. The van der Waals surface area contributed by atoms with Crippen LogP contribution in [0.5, 0.6) is 0 Å². The molecule has 1 N–H and O–H groups in total. The molecule has 2 rings (SSSR count). The predicted molar refractivity (Wildman–Crippen MR) is 178 cm³/mol. The van der Waals surface area contributed by atoms with Gasteiger partial charge < -0.3 is 14.6 Å². The zero-order valence-electron chi connectivity index (χ0n) is 26.4. The quantitative estimate of drug-likeness (QED) is 0.335. The van der Waals surface area contributed by atoms with Gasteiger partial charge in [-0.25, -0.2) is 0 Å². The molecule has 236 valence electrons. The fourth-order valence-electron chi connectivity index (χ4n) is 5.69. The van der Waals surface area contributed by atoms with Crippen LogP contribution in [-0.4, -0.2) is 36.5 Å². The lowest BCUT2D eigenvalue weighted by Crippen LogP contribution is -2.39. The molecule has 2 bridgehead atoms. The molecular weight excluding hydrogens is 520 g/mol. The van der Waals surface area contributed by atoms with Crippen LogP contribution in [0, 0.1) is 5.92 Å². The number of allylic oxidation sites excluding steroid dienone is 12. The van der Waals surface area contributed by atoms with Crippen LogP contribution >= 0.6 is 0 Å². The minimum Gasteiger partial charge on any atom is -0.481 e. The Balaban J connectivity index is 1.75. The Hall–Kier alpha value is -2.17. The SMILES string of the molecule is O=C(O)C1CCC2CCCCCCCCCCCCOCCCCC=CC=CCCC=CC=CC=CC=CCCC1O2. The first-order valence-corrected chi connectivity index (χ1v) is 17.2. The molecule has 2 aliphatic rings. The summed E-state index contributed by atoms with van der Waals surface area (Å²) < 4.78 is 12.1. The molecule has 4 nitrogen and oxygen atoms in total. The molecule has 3 atom stereocenters. The molecule has 0 spiro atoms. The third-order valence-electron chi connectivity index (χ3n) is 8.24. The molecule has 2 aliphatic heterocycles. The van der Waals surface area contributed by atoms with Crippen molar-refractivity contribution < 1.29 is 19.4 Å². The van der Waals surface area contributed by atoms with Crippen molar-refractivity contribution in [1.82, 2.24) is 0 Å². The monoisotopic (exact) mass is 580 g/mol. The van der Waals surface area contributed by atoms with Crippen molar-refractivity contribution in [2.45, 2.75) is 141 Å². The number of carboxylic acid groups (broad SMARTS) is 1. The van der Waals surface area contributed by atoms with Gasteiger partial charge in [0.25, 0.3) is 0 Å². The second kappa shape index (κ2) is 26.5. The number of hydrogen-bond donors (Lipinski definition) is 1. The molecule has 3 unspecified atom stereocenters. The molecule has 0 saturated carbocycles. The second-order valence-corrected chi connectivity index (χ2v) is 11.9. The number of carboxylic acids is 1. The first-order valence-electron chi connectivity index (χ1n) is 17.2. The zero-order valence-corrected chi connectivity index (χ0v) is 26.4. The van der Waals surface area contributed by atoms with Crippen LogP contribution in [0.25, 0.3) is 0 Å². The van der Waals surface area contributed by atoms with Crippen LogP contribution in [0.4, 0.5) is 0 Å². The Morgan fingerprint density at radius 2 is 1.00 bits per heavy atom. The van der Waals surface area contributed by atoms with Crippen molar-refractivity contribution in [3.05, 3.63) is 72.9 Å². The lowest BCUT2D eigenvalue weighted by atomic mass is 9.87. The molecular formula is C38H60O4. The normalized spacial score (nSPS) is 26.5. The van der Waals surface area contributed by atoms with Crippen molar-refractivity contribution in [3.63, 3.8) is 0 Å². The summed E-state index contributed by atoms with van der Waals surface area (Å²) >= 11 is 0. The van der Waals surface area contributed by atoms with Crippen molar-refractivity contribution in [3.8, 4) is 0 Å². The van der Waals surface area contributed by atoms with E-state index in [9.17, 15) is 9.90 Å². The van der Waals surface area contributed by atoms with E-state index < -0.39 is 5.97 Å². The van der Waals surface area contributed by atoms with Gasteiger partial charge in [0, 0.05) is 13.2 Å². The summed E-state index contributed by atoms with van der Waals surface area (Å²) in [4.78, 5) is 11.8. The van der Waals surface area contributed by atoms with Crippen LogP contribution in [0.15, 0.2) is 72.9 Å². The highest BCUT2D eigenvalue weighted by Gasteiger charge is 2.35. The van der Waals surface area contributed by atoms with Crippen LogP contribution in [-0.2, 0) is 14.3 Å². The van der Waals surface area contributed by atoms with Crippen LogP contribution in [0.2, 0.25) is 0 Å². The van der Waals surface area contributed by atoms with Gasteiger partial charge in [0.1, 0.15) is 0 Å². The first kappa shape index (κ1) is 36.0. The highest BCUT2D eigenvalue weighted by atomic mass is 16.5. The van der Waals surface area contributed by atoms with E-state index >= 15 is 0 Å². The average molecular weight is 581 g/mol. The lowest BCUT2D eigenvalue weighted by molar-refractivity contribution is -0.157. The number of fused-ring (bicyclic) bond motifs is 2. The van der Waals surface area contributed by atoms with Crippen molar-refractivity contribution in [2.75, 3.05) is 13.2 Å². The van der Waals surface area contributed by atoms with Gasteiger partial charge >= 0.3 is 5.97 Å². The van der Waals surface area contributed by atoms with E-state index in [1.54, 1.807) is 0 Å². The van der Waals surface area contributed by atoms with E-state index in [0.29, 0.717) is 0 Å². The summed E-state index contributed by atoms with van der Waals surface area (Å²) in [5.41, 5.74) is 0. The molecule has 0 aliphatic carbocycles. The first-order chi connectivity index (χ1) is 20.8. The van der Waals surface area contributed by atoms with Crippen molar-refractivity contribution >= 4 is 5.97 Å². The summed E-state index contributed by atoms with van der Waals surface area (Å²) in [6.07, 6.45) is 48.3. The van der Waals surface area contributed by atoms with Gasteiger partial charge in [-0.05, 0) is 70.6 Å². The average Bonchev–Trinajstić information content (AvgIpc) is 2.99. The highest BCUT2D eigenvalue weighted by Crippen LogP contribution is 2.31. The number of ether oxygens (including phenoxy) is 2. The van der Waals surface area contributed by atoms with Gasteiger partial charge in [-0.1, -0.05) is 131 Å². The van der Waals surface area contributed by atoms with Gasteiger partial charge in [0.15, 0.2) is 0 Å². The lowest BCUT2D eigenvalue weighted by Gasteiger charge is -2.34. The zero-order chi connectivity index (χ0) is 29.8. The van der Waals surface area contributed by atoms with Gasteiger partial charge in [0.05, 0.1) is 18.1 Å². The minimum atomic E-state index is -0.707. The summed E-state index contributed by atoms with van der Waals surface area (Å²) in [6.45, 7) is 1.81. The van der Waals surface area contributed by atoms with Crippen LogP contribution < -0.4 is 0 Å². The highest BCUT2D eigenvalue weighted by molar-refractivity contribution is 5.70. The number of carbonyl (C=O) groups is 1. The molecule has 1 fully saturated rings. The topological polar surface area (TPSA) is 55.8 Å². The summed E-state index contributed by atoms with van der Waals surface area (Å²) in [7, 11) is 0. The number of hydrogen-bond acceptors (Lipinski definition) is 3. The molecule has 0 aromatic heterocycles. The van der Waals surface area contributed by atoms with E-state index in [0.717, 1.165) is 71.0 Å².